The first-order valence-electron chi connectivity index (χ1n) is 6.00. The van der Waals surface area contributed by atoms with Gasteiger partial charge in [0.25, 0.3) is 0 Å². The van der Waals surface area contributed by atoms with Crippen molar-refractivity contribution in [2.45, 2.75) is 45.1 Å². The predicted molar refractivity (Wildman–Crippen MR) is 67.6 cm³/mol. The first kappa shape index (κ1) is 12.8. The standard InChI is InChI=1S/C14H18ClFO/c1-13(2)5-7-14(17,8-6-13)11-9-10(16)3-4-12(11)15/h3-4,9,17H,5-8H2,1-2H3. The van der Waals surface area contributed by atoms with Gasteiger partial charge in [-0.2, -0.15) is 0 Å². The van der Waals surface area contributed by atoms with E-state index in [1.807, 2.05) is 0 Å². The van der Waals surface area contributed by atoms with Crippen molar-refractivity contribution in [3.63, 3.8) is 0 Å². The predicted octanol–water partition coefficient (Wildman–Crippen LogP) is 4.27. The monoisotopic (exact) mass is 256 g/mol. The zero-order valence-corrected chi connectivity index (χ0v) is 11.0. The molecule has 0 aliphatic heterocycles. The summed E-state index contributed by atoms with van der Waals surface area (Å²) in [4.78, 5) is 0. The lowest BCUT2D eigenvalue weighted by atomic mass is 9.69. The average Bonchev–Trinajstić information content (AvgIpc) is 2.26. The van der Waals surface area contributed by atoms with Crippen LogP contribution in [-0.2, 0) is 5.60 Å². The van der Waals surface area contributed by atoms with Gasteiger partial charge in [-0.05, 0) is 49.3 Å². The van der Waals surface area contributed by atoms with Gasteiger partial charge < -0.3 is 5.11 Å². The van der Waals surface area contributed by atoms with Crippen molar-refractivity contribution < 1.29 is 9.50 Å². The summed E-state index contributed by atoms with van der Waals surface area (Å²) in [6, 6.07) is 4.20. The van der Waals surface area contributed by atoms with Crippen molar-refractivity contribution in [3.8, 4) is 0 Å². The van der Waals surface area contributed by atoms with Gasteiger partial charge in [-0.15, -0.1) is 0 Å². The number of hydrogen-bond acceptors (Lipinski definition) is 1. The van der Waals surface area contributed by atoms with E-state index < -0.39 is 5.60 Å². The second-order valence-electron chi connectivity index (χ2n) is 5.82. The number of hydrogen-bond donors (Lipinski definition) is 1. The van der Waals surface area contributed by atoms with Crippen LogP contribution in [-0.4, -0.2) is 5.11 Å². The molecule has 1 aromatic carbocycles. The summed E-state index contributed by atoms with van der Waals surface area (Å²) in [6.07, 6.45) is 3.14. The molecule has 1 fully saturated rings. The van der Waals surface area contributed by atoms with Crippen molar-refractivity contribution in [1.29, 1.82) is 0 Å². The molecule has 94 valence electrons. The Morgan fingerprint density at radius 2 is 1.76 bits per heavy atom. The van der Waals surface area contributed by atoms with Gasteiger partial charge in [-0.1, -0.05) is 25.4 Å². The van der Waals surface area contributed by atoms with Gasteiger partial charge in [-0.3, -0.25) is 0 Å². The van der Waals surface area contributed by atoms with Gasteiger partial charge in [0.15, 0.2) is 0 Å². The fourth-order valence-corrected chi connectivity index (χ4v) is 2.76. The summed E-state index contributed by atoms with van der Waals surface area (Å²) in [6.45, 7) is 4.39. The largest absolute Gasteiger partial charge is 0.385 e. The van der Waals surface area contributed by atoms with E-state index in [0.29, 0.717) is 23.4 Å². The lowest BCUT2D eigenvalue weighted by Crippen LogP contribution is -2.34. The van der Waals surface area contributed by atoms with E-state index in [-0.39, 0.29) is 11.2 Å². The second-order valence-corrected chi connectivity index (χ2v) is 6.23. The van der Waals surface area contributed by atoms with E-state index in [4.69, 9.17) is 11.6 Å². The fourth-order valence-electron chi connectivity index (χ4n) is 2.46. The molecule has 0 amide bonds. The van der Waals surface area contributed by atoms with Gasteiger partial charge >= 0.3 is 0 Å². The highest BCUT2D eigenvalue weighted by Gasteiger charge is 2.39. The van der Waals surface area contributed by atoms with Gasteiger partial charge in [0.05, 0.1) is 5.60 Å². The lowest BCUT2D eigenvalue weighted by Gasteiger charge is -2.40. The van der Waals surface area contributed by atoms with Crippen LogP contribution in [0.2, 0.25) is 5.02 Å². The third kappa shape index (κ3) is 2.63. The Hall–Kier alpha value is -0.600. The molecule has 0 spiro atoms. The van der Waals surface area contributed by atoms with Crippen LogP contribution in [0.3, 0.4) is 0 Å². The molecule has 0 bridgehead atoms. The fraction of sp³-hybridized carbons (Fsp3) is 0.571. The Labute approximate surface area is 107 Å². The summed E-state index contributed by atoms with van der Waals surface area (Å²) in [5, 5.41) is 11.1. The van der Waals surface area contributed by atoms with E-state index in [1.165, 1.54) is 18.2 Å². The van der Waals surface area contributed by atoms with Crippen LogP contribution in [0.5, 0.6) is 0 Å². The molecule has 1 aliphatic carbocycles. The molecule has 1 nitrogen and oxygen atoms in total. The van der Waals surface area contributed by atoms with Crippen molar-refractivity contribution in [2.75, 3.05) is 0 Å². The zero-order chi connectivity index (χ0) is 12.7. The van der Waals surface area contributed by atoms with Gasteiger partial charge in [0.2, 0.25) is 0 Å². The summed E-state index contributed by atoms with van der Waals surface area (Å²) in [7, 11) is 0. The minimum Gasteiger partial charge on any atom is -0.385 e. The molecular weight excluding hydrogens is 239 g/mol. The molecule has 1 aromatic rings. The van der Waals surface area contributed by atoms with Crippen LogP contribution in [0.25, 0.3) is 0 Å². The number of aliphatic hydroxyl groups is 1. The maximum absolute atomic E-state index is 13.3. The van der Waals surface area contributed by atoms with E-state index in [2.05, 4.69) is 13.8 Å². The van der Waals surface area contributed by atoms with Gasteiger partial charge in [0.1, 0.15) is 5.82 Å². The molecule has 0 heterocycles. The summed E-state index contributed by atoms with van der Waals surface area (Å²) in [5.74, 6) is -0.345. The van der Waals surface area contributed by atoms with E-state index in [0.717, 1.165) is 12.8 Å². The molecule has 1 N–H and O–H groups in total. The maximum Gasteiger partial charge on any atom is 0.123 e. The highest BCUT2D eigenvalue weighted by atomic mass is 35.5. The number of rotatable bonds is 1. The van der Waals surface area contributed by atoms with Crippen LogP contribution in [0.4, 0.5) is 4.39 Å². The smallest absolute Gasteiger partial charge is 0.123 e. The molecule has 2 rings (SSSR count). The molecule has 1 saturated carbocycles. The van der Waals surface area contributed by atoms with E-state index in [1.54, 1.807) is 0 Å². The van der Waals surface area contributed by atoms with E-state index >= 15 is 0 Å². The topological polar surface area (TPSA) is 20.2 Å². The molecule has 17 heavy (non-hydrogen) atoms. The number of benzene rings is 1. The SMILES string of the molecule is CC1(C)CCC(O)(c2cc(F)ccc2Cl)CC1. The first-order chi connectivity index (χ1) is 7.82. The van der Waals surface area contributed by atoms with Gasteiger partial charge in [0, 0.05) is 10.6 Å². The van der Waals surface area contributed by atoms with Crippen LogP contribution < -0.4 is 0 Å². The summed E-state index contributed by atoms with van der Waals surface area (Å²) in [5.41, 5.74) is -0.171. The quantitative estimate of drug-likeness (QED) is 0.796. The summed E-state index contributed by atoms with van der Waals surface area (Å²) >= 11 is 6.06. The molecule has 0 unspecified atom stereocenters. The Kier molecular flexibility index (Phi) is 3.21. The van der Waals surface area contributed by atoms with Gasteiger partial charge in [-0.25, -0.2) is 4.39 Å². The molecule has 0 aromatic heterocycles. The third-order valence-corrected chi connectivity index (χ3v) is 4.19. The second kappa shape index (κ2) is 4.25. The molecule has 1 aliphatic rings. The normalized spacial score (nSPS) is 22.4. The average molecular weight is 257 g/mol. The lowest BCUT2D eigenvalue weighted by molar-refractivity contribution is -0.0306. The first-order valence-corrected chi connectivity index (χ1v) is 6.38. The van der Waals surface area contributed by atoms with Crippen LogP contribution in [0.15, 0.2) is 18.2 Å². The van der Waals surface area contributed by atoms with Crippen molar-refractivity contribution >= 4 is 11.6 Å². The minimum absolute atomic E-state index is 0.256. The van der Waals surface area contributed by atoms with Crippen molar-refractivity contribution in [2.24, 2.45) is 5.41 Å². The zero-order valence-electron chi connectivity index (χ0n) is 10.3. The van der Waals surface area contributed by atoms with Crippen LogP contribution in [0.1, 0.15) is 45.1 Å². The van der Waals surface area contributed by atoms with Crippen molar-refractivity contribution in [1.82, 2.24) is 0 Å². The Morgan fingerprint density at radius 1 is 1.18 bits per heavy atom. The third-order valence-electron chi connectivity index (χ3n) is 3.86. The maximum atomic E-state index is 13.3. The highest BCUT2D eigenvalue weighted by molar-refractivity contribution is 6.31. The highest BCUT2D eigenvalue weighted by Crippen LogP contribution is 2.46. The molecule has 0 atom stereocenters. The Balaban J connectivity index is 2.30. The molecular formula is C14H18ClFO. The summed E-state index contributed by atoms with van der Waals surface area (Å²) < 4.78 is 13.3. The number of halogens is 2. The molecule has 0 radical (unpaired) electrons. The van der Waals surface area contributed by atoms with Crippen LogP contribution >= 0.6 is 11.6 Å². The van der Waals surface area contributed by atoms with Crippen molar-refractivity contribution in [3.05, 3.63) is 34.6 Å². The van der Waals surface area contributed by atoms with E-state index in [9.17, 15) is 9.50 Å². The van der Waals surface area contributed by atoms with Crippen LogP contribution in [0, 0.1) is 11.2 Å². The molecule has 3 heteroatoms. The Morgan fingerprint density at radius 3 is 2.35 bits per heavy atom. The minimum atomic E-state index is -0.964. The Bertz CT molecular complexity index is 418. The molecule has 0 saturated heterocycles.